The highest BCUT2D eigenvalue weighted by Crippen LogP contribution is 2.44. The molecule has 2 fully saturated rings. The maximum atomic E-state index is 16.5. The Kier molecular flexibility index (Phi) is 8.79. The summed E-state index contributed by atoms with van der Waals surface area (Å²) in [5.41, 5.74) is 2.40. The number of aromatic nitrogens is 3. The van der Waals surface area contributed by atoms with E-state index in [9.17, 15) is 26.7 Å². The van der Waals surface area contributed by atoms with E-state index in [2.05, 4.69) is 21.5 Å². The van der Waals surface area contributed by atoms with E-state index < -0.39 is 63.3 Å². The fourth-order valence-electron chi connectivity index (χ4n) is 5.90. The zero-order valence-corrected chi connectivity index (χ0v) is 25.3. The fourth-order valence-corrected chi connectivity index (χ4v) is 6.18. The summed E-state index contributed by atoms with van der Waals surface area (Å²) in [5, 5.41) is -0.357. The van der Waals surface area contributed by atoms with Crippen LogP contribution in [0.25, 0.3) is 22.2 Å². The molecule has 2 saturated heterocycles. The highest BCUT2D eigenvalue weighted by molar-refractivity contribution is 6.34. The molecule has 0 spiro atoms. The number of halogens is 7. The molecule has 0 bridgehead atoms. The number of hydrogen-bond acceptors (Lipinski definition) is 8. The van der Waals surface area contributed by atoms with Gasteiger partial charge in [-0.05, 0) is 45.0 Å². The third-order valence-corrected chi connectivity index (χ3v) is 8.36. The number of rotatable bonds is 6. The van der Waals surface area contributed by atoms with Gasteiger partial charge in [-0.25, -0.2) is 18.2 Å². The third-order valence-electron chi connectivity index (χ3n) is 8.06. The van der Waals surface area contributed by atoms with Crippen molar-refractivity contribution in [3.05, 3.63) is 46.5 Å². The van der Waals surface area contributed by atoms with Crippen LogP contribution in [0, 0.1) is 12.7 Å². The number of nitrogen functional groups attached to an aromatic ring is 1. The summed E-state index contributed by atoms with van der Waals surface area (Å²) in [6, 6.07) is 1.14. The highest BCUT2D eigenvalue weighted by Gasteiger charge is 2.39. The van der Waals surface area contributed by atoms with Crippen LogP contribution >= 0.6 is 11.6 Å². The second-order valence-electron chi connectivity index (χ2n) is 11.3. The minimum Gasteiger partial charge on any atom is -0.462 e. The summed E-state index contributed by atoms with van der Waals surface area (Å²) >= 11 is 6.49. The van der Waals surface area contributed by atoms with Gasteiger partial charge in [-0.2, -0.15) is 23.1 Å². The molecule has 3 unspecified atom stereocenters. The van der Waals surface area contributed by atoms with Crippen LogP contribution in [0.2, 0.25) is 5.02 Å². The van der Waals surface area contributed by atoms with Crippen molar-refractivity contribution in [3.63, 3.8) is 0 Å². The predicted octanol–water partition coefficient (Wildman–Crippen LogP) is 5.34. The van der Waals surface area contributed by atoms with Gasteiger partial charge in [-0.1, -0.05) is 18.2 Å². The van der Waals surface area contributed by atoms with Gasteiger partial charge in [0.1, 0.15) is 29.9 Å². The molecule has 1 amide bonds. The first-order valence-electron chi connectivity index (χ1n) is 14.0. The Bertz CT molecular complexity index is 1670. The van der Waals surface area contributed by atoms with Gasteiger partial charge in [-0.15, -0.1) is 0 Å². The number of piperazine rings is 1. The van der Waals surface area contributed by atoms with Crippen LogP contribution in [0.1, 0.15) is 24.5 Å². The topological polar surface area (TPSA) is 101 Å². The van der Waals surface area contributed by atoms with Crippen molar-refractivity contribution >= 4 is 40.0 Å². The molecular weight excluding hydrogens is 628 g/mol. The standard InChI is InChI=1S/C29H30ClF6N7O2/c1-13-7-20(37)38-25(22(13)29(34,35)36)21-19(30)9-18-24(23(21)33)39-28(45-12-17-8-16(32)11-41(17)4)40-26(18)43-6-5-42(10-14(43)2)27(44)15(3)31/h7,9,14,16-17H,3,5-6,8,10-12H2,1-2,4H3,(H2,37,38). The Labute approximate surface area is 259 Å². The number of pyridine rings is 1. The fraction of sp³-hybridized carbons (Fsp3) is 0.448. The molecule has 0 saturated carbocycles. The summed E-state index contributed by atoms with van der Waals surface area (Å²) in [4.78, 5) is 29.5. The smallest absolute Gasteiger partial charge is 0.418 e. The first-order chi connectivity index (χ1) is 21.1. The van der Waals surface area contributed by atoms with Crippen LogP contribution < -0.4 is 15.4 Å². The van der Waals surface area contributed by atoms with E-state index in [0.717, 1.165) is 6.07 Å². The van der Waals surface area contributed by atoms with Crippen LogP contribution in [0.5, 0.6) is 6.01 Å². The first-order valence-corrected chi connectivity index (χ1v) is 14.4. The van der Waals surface area contributed by atoms with Gasteiger partial charge in [0.25, 0.3) is 5.91 Å². The molecular formula is C29H30ClF6N7O2. The van der Waals surface area contributed by atoms with Crippen molar-refractivity contribution in [2.24, 2.45) is 0 Å². The molecule has 1 aromatic carbocycles. The molecule has 0 aliphatic carbocycles. The van der Waals surface area contributed by atoms with Gasteiger partial charge in [0, 0.05) is 43.6 Å². The number of fused-ring (bicyclic) bond motifs is 1. The number of alkyl halides is 4. The van der Waals surface area contributed by atoms with Crippen molar-refractivity contribution in [1.29, 1.82) is 0 Å². The molecule has 16 heteroatoms. The number of benzene rings is 1. The molecule has 5 rings (SSSR count). The van der Waals surface area contributed by atoms with E-state index in [1.165, 1.54) is 17.9 Å². The Hall–Kier alpha value is -3.85. The summed E-state index contributed by atoms with van der Waals surface area (Å²) in [7, 11) is 1.72. The Balaban J connectivity index is 1.66. The van der Waals surface area contributed by atoms with Crippen LogP contribution in [0.4, 0.5) is 38.0 Å². The molecule has 2 aliphatic rings. The number of aryl methyl sites for hydroxylation is 1. The van der Waals surface area contributed by atoms with Crippen molar-refractivity contribution in [2.45, 2.75) is 44.7 Å². The minimum absolute atomic E-state index is 0.0471. The van der Waals surface area contributed by atoms with E-state index in [1.807, 2.05) is 0 Å². The molecule has 9 nitrogen and oxygen atoms in total. The number of amides is 1. The average molecular weight is 658 g/mol. The van der Waals surface area contributed by atoms with Gasteiger partial charge in [0.05, 0.1) is 21.8 Å². The normalized spacial score (nSPS) is 21.1. The van der Waals surface area contributed by atoms with E-state index in [-0.39, 0.29) is 73.8 Å². The van der Waals surface area contributed by atoms with Crippen molar-refractivity contribution in [2.75, 3.05) is 50.5 Å². The lowest BCUT2D eigenvalue weighted by atomic mass is 9.99. The summed E-state index contributed by atoms with van der Waals surface area (Å²) < 4.78 is 92.4. The van der Waals surface area contributed by atoms with Crippen LogP contribution in [0.3, 0.4) is 0 Å². The van der Waals surface area contributed by atoms with Crippen molar-refractivity contribution in [3.8, 4) is 17.3 Å². The van der Waals surface area contributed by atoms with Gasteiger partial charge < -0.3 is 20.3 Å². The predicted molar refractivity (Wildman–Crippen MR) is 157 cm³/mol. The van der Waals surface area contributed by atoms with Gasteiger partial charge in [-0.3, -0.25) is 9.69 Å². The number of carbonyl (C=O) groups excluding carboxylic acids is 1. The summed E-state index contributed by atoms with van der Waals surface area (Å²) in [5.74, 6) is -3.35. The molecule has 242 valence electrons. The molecule has 2 aromatic heterocycles. The minimum atomic E-state index is -4.92. The molecule has 2 aliphatic heterocycles. The number of likely N-dealkylation sites (N-methyl/N-ethyl adjacent to an activating group) is 1. The lowest BCUT2D eigenvalue weighted by Crippen LogP contribution is -2.54. The number of ether oxygens (including phenoxy) is 1. The zero-order chi connectivity index (χ0) is 33.0. The van der Waals surface area contributed by atoms with E-state index >= 15 is 4.39 Å². The van der Waals surface area contributed by atoms with Crippen molar-refractivity contribution in [1.82, 2.24) is 24.8 Å². The SMILES string of the molecule is C=C(F)C(=O)N1CCN(c2nc(OCC3CC(F)CN3C)nc3c(F)c(-c4nc(N)cc(C)c4C(F)(F)F)c(Cl)cc23)C(C)C1. The number of nitrogens with zero attached hydrogens (tertiary/aromatic N) is 6. The quantitative estimate of drug-likeness (QED) is 0.280. The van der Waals surface area contributed by atoms with E-state index in [1.54, 1.807) is 23.8 Å². The molecule has 3 aromatic rings. The number of hydrogen-bond donors (Lipinski definition) is 1. The monoisotopic (exact) mass is 657 g/mol. The molecule has 0 radical (unpaired) electrons. The third kappa shape index (κ3) is 6.32. The second-order valence-corrected chi connectivity index (χ2v) is 11.7. The number of nitrogens with two attached hydrogens (primary N) is 1. The van der Waals surface area contributed by atoms with Crippen molar-refractivity contribution < 1.29 is 35.9 Å². The molecule has 3 atom stereocenters. The zero-order valence-electron chi connectivity index (χ0n) is 24.6. The molecule has 4 heterocycles. The first kappa shape index (κ1) is 32.5. The van der Waals surface area contributed by atoms with Gasteiger partial charge in [0.2, 0.25) is 0 Å². The van der Waals surface area contributed by atoms with Crippen LogP contribution in [-0.4, -0.2) is 88.7 Å². The largest absolute Gasteiger partial charge is 0.462 e. The van der Waals surface area contributed by atoms with Crippen LogP contribution in [0.15, 0.2) is 24.5 Å². The Morgan fingerprint density at radius 3 is 2.51 bits per heavy atom. The molecule has 45 heavy (non-hydrogen) atoms. The van der Waals surface area contributed by atoms with Crippen LogP contribution in [-0.2, 0) is 11.0 Å². The maximum Gasteiger partial charge on any atom is 0.418 e. The number of carbonyl (C=O) groups is 1. The summed E-state index contributed by atoms with van der Waals surface area (Å²) in [6.07, 6.45) is -5.79. The highest BCUT2D eigenvalue weighted by atomic mass is 35.5. The Morgan fingerprint density at radius 1 is 1.20 bits per heavy atom. The van der Waals surface area contributed by atoms with E-state index in [0.29, 0.717) is 0 Å². The van der Waals surface area contributed by atoms with Gasteiger partial charge in [0.15, 0.2) is 11.6 Å². The van der Waals surface area contributed by atoms with Gasteiger partial charge >= 0.3 is 12.2 Å². The Morgan fingerprint density at radius 2 is 1.91 bits per heavy atom. The lowest BCUT2D eigenvalue weighted by molar-refractivity contribution is -0.137. The summed E-state index contributed by atoms with van der Waals surface area (Å²) in [6.45, 7) is 6.36. The molecule has 2 N–H and O–H groups in total. The lowest BCUT2D eigenvalue weighted by Gasteiger charge is -2.40. The maximum absolute atomic E-state index is 16.5. The number of anilines is 2. The average Bonchev–Trinajstić information content (AvgIpc) is 3.26. The number of likely N-dealkylation sites (tertiary alicyclic amines) is 1. The second kappa shape index (κ2) is 12.2. The van der Waals surface area contributed by atoms with E-state index in [4.69, 9.17) is 22.1 Å².